The molecule has 6 heteroatoms. The lowest BCUT2D eigenvalue weighted by molar-refractivity contribution is 0.661. The maximum absolute atomic E-state index is 10.9. The molecule has 3 N–H and O–H groups in total. The summed E-state index contributed by atoms with van der Waals surface area (Å²) in [5.41, 5.74) is 5.22. The van der Waals surface area contributed by atoms with E-state index in [9.17, 15) is 4.21 Å². The molecular formula is C5H16Cl2N2OS. The Morgan fingerprint density at radius 3 is 2.00 bits per heavy atom. The molecule has 0 aliphatic carbocycles. The molecule has 11 heavy (non-hydrogen) atoms. The molecule has 0 heterocycles. The molecule has 0 saturated heterocycles. The summed E-state index contributed by atoms with van der Waals surface area (Å²) in [5.74, 6) is 0. The lowest BCUT2D eigenvalue weighted by atomic mass is 10.3. The first-order valence-electron chi connectivity index (χ1n) is 2.91. The standard InChI is InChI=1S/C5H14N2OS.2ClH/c1-5(3-4-6)9(2,7)8;;/h5,7H,3-4,6H2,1-2H3;2*1H. The Labute approximate surface area is 80.9 Å². The smallest absolute Gasteiger partial charge is 0.0439 e. The number of hydrogen-bond acceptors (Lipinski definition) is 3. The van der Waals surface area contributed by atoms with Crippen LogP contribution in [0.2, 0.25) is 0 Å². The molecule has 2 unspecified atom stereocenters. The Morgan fingerprint density at radius 2 is 1.91 bits per heavy atom. The molecule has 0 amide bonds. The fourth-order valence-corrected chi connectivity index (χ4v) is 1.05. The topological polar surface area (TPSA) is 66.9 Å². The lowest BCUT2D eigenvalue weighted by Gasteiger charge is -2.08. The predicted molar refractivity (Wildman–Crippen MR) is 54.4 cm³/mol. The monoisotopic (exact) mass is 222 g/mol. The first-order valence-corrected chi connectivity index (χ1v) is 4.94. The Kier molecular flexibility index (Phi) is 11.4. The van der Waals surface area contributed by atoms with Crippen LogP contribution in [0.3, 0.4) is 0 Å². The van der Waals surface area contributed by atoms with Crippen LogP contribution in [0, 0.1) is 4.78 Å². The molecule has 0 saturated carbocycles. The summed E-state index contributed by atoms with van der Waals surface area (Å²) in [5, 5.41) is -0.0671. The molecule has 0 aromatic rings. The largest absolute Gasteiger partial charge is 0.330 e. The maximum Gasteiger partial charge on any atom is 0.0439 e. The van der Waals surface area contributed by atoms with E-state index in [1.165, 1.54) is 6.26 Å². The van der Waals surface area contributed by atoms with Crippen molar-refractivity contribution in [1.82, 2.24) is 0 Å². The molecule has 0 rings (SSSR count). The third-order valence-corrected chi connectivity index (χ3v) is 3.11. The molecule has 0 aliphatic rings. The Morgan fingerprint density at radius 1 is 1.55 bits per heavy atom. The first-order chi connectivity index (χ1) is 3.98. The van der Waals surface area contributed by atoms with E-state index in [1.807, 2.05) is 0 Å². The van der Waals surface area contributed by atoms with E-state index in [-0.39, 0.29) is 30.1 Å². The molecule has 0 fully saturated rings. The number of hydrogen-bond donors (Lipinski definition) is 2. The highest BCUT2D eigenvalue weighted by Crippen LogP contribution is 2.01. The van der Waals surface area contributed by atoms with Crippen LogP contribution in [0.25, 0.3) is 0 Å². The van der Waals surface area contributed by atoms with E-state index in [1.54, 1.807) is 6.92 Å². The molecule has 0 radical (unpaired) electrons. The van der Waals surface area contributed by atoms with Crippen molar-refractivity contribution in [1.29, 1.82) is 4.78 Å². The van der Waals surface area contributed by atoms with Gasteiger partial charge in [0.15, 0.2) is 0 Å². The van der Waals surface area contributed by atoms with Gasteiger partial charge in [-0.2, -0.15) is 0 Å². The van der Waals surface area contributed by atoms with Gasteiger partial charge in [-0.15, -0.1) is 24.8 Å². The molecule has 2 atom stereocenters. The van der Waals surface area contributed by atoms with Gasteiger partial charge in [0.2, 0.25) is 0 Å². The van der Waals surface area contributed by atoms with E-state index in [0.717, 1.165) is 0 Å². The minimum Gasteiger partial charge on any atom is -0.330 e. The third kappa shape index (κ3) is 8.40. The molecular weight excluding hydrogens is 207 g/mol. The molecule has 72 valence electrons. The van der Waals surface area contributed by atoms with Gasteiger partial charge in [0, 0.05) is 21.2 Å². The van der Waals surface area contributed by atoms with Crippen molar-refractivity contribution in [3.8, 4) is 0 Å². The zero-order valence-electron chi connectivity index (χ0n) is 6.70. The molecule has 0 aromatic heterocycles. The average Bonchev–Trinajstić information content (AvgIpc) is 1.64. The second kappa shape index (κ2) is 7.16. The fraction of sp³-hybridized carbons (Fsp3) is 1.00. The summed E-state index contributed by atoms with van der Waals surface area (Å²) < 4.78 is 18.0. The quantitative estimate of drug-likeness (QED) is 0.755. The van der Waals surface area contributed by atoms with E-state index in [2.05, 4.69) is 0 Å². The summed E-state index contributed by atoms with van der Waals surface area (Å²) in [6.07, 6.45) is 2.13. The SMILES string of the molecule is CC(CCN)S(C)(=N)=O.Cl.Cl. The Bertz CT molecular complexity index is 169. The van der Waals surface area contributed by atoms with Gasteiger partial charge >= 0.3 is 0 Å². The van der Waals surface area contributed by atoms with E-state index < -0.39 is 9.73 Å². The second-order valence-electron chi connectivity index (χ2n) is 2.29. The zero-order valence-corrected chi connectivity index (χ0v) is 9.15. The highest BCUT2D eigenvalue weighted by molar-refractivity contribution is 7.92. The Balaban J connectivity index is -0.000000320. The minimum atomic E-state index is -2.34. The van der Waals surface area contributed by atoms with E-state index in [4.69, 9.17) is 10.5 Å². The highest BCUT2D eigenvalue weighted by atomic mass is 35.5. The van der Waals surface area contributed by atoms with Crippen LogP contribution in [0.4, 0.5) is 0 Å². The molecule has 0 bridgehead atoms. The summed E-state index contributed by atoms with van der Waals surface area (Å²) in [7, 11) is -2.34. The van der Waals surface area contributed by atoms with Crippen LogP contribution >= 0.6 is 24.8 Å². The average molecular weight is 223 g/mol. The third-order valence-electron chi connectivity index (χ3n) is 1.34. The summed E-state index contributed by atoms with van der Waals surface area (Å²) in [6, 6.07) is 0. The molecule has 0 aromatic carbocycles. The van der Waals surface area contributed by atoms with Crippen LogP contribution in [-0.4, -0.2) is 22.3 Å². The van der Waals surface area contributed by atoms with Crippen molar-refractivity contribution in [3.05, 3.63) is 0 Å². The van der Waals surface area contributed by atoms with Gasteiger partial charge in [-0.25, -0.2) is 4.21 Å². The normalized spacial score (nSPS) is 17.0. The van der Waals surface area contributed by atoms with Crippen molar-refractivity contribution in [2.24, 2.45) is 5.73 Å². The van der Waals surface area contributed by atoms with Gasteiger partial charge in [0.25, 0.3) is 0 Å². The lowest BCUT2D eigenvalue weighted by Crippen LogP contribution is -2.18. The van der Waals surface area contributed by atoms with Crippen LogP contribution < -0.4 is 5.73 Å². The fourth-order valence-electron chi connectivity index (χ4n) is 0.460. The minimum absolute atomic E-state index is 0. The van der Waals surface area contributed by atoms with Crippen LogP contribution in [0.15, 0.2) is 0 Å². The van der Waals surface area contributed by atoms with Gasteiger partial charge in [-0.1, -0.05) is 0 Å². The van der Waals surface area contributed by atoms with Crippen LogP contribution in [0.1, 0.15) is 13.3 Å². The predicted octanol–water partition coefficient (Wildman–Crippen LogP) is 1.24. The number of halogens is 2. The van der Waals surface area contributed by atoms with E-state index in [0.29, 0.717) is 13.0 Å². The van der Waals surface area contributed by atoms with Gasteiger partial charge in [0.1, 0.15) is 0 Å². The van der Waals surface area contributed by atoms with Gasteiger partial charge in [-0.05, 0) is 19.9 Å². The van der Waals surface area contributed by atoms with Crippen molar-refractivity contribution in [2.75, 3.05) is 12.8 Å². The highest BCUT2D eigenvalue weighted by Gasteiger charge is 2.08. The van der Waals surface area contributed by atoms with Gasteiger partial charge in [0.05, 0.1) is 0 Å². The Hall–Kier alpha value is 0.490. The van der Waals surface area contributed by atoms with Crippen molar-refractivity contribution in [3.63, 3.8) is 0 Å². The van der Waals surface area contributed by atoms with Gasteiger partial charge in [-0.3, -0.25) is 4.78 Å². The van der Waals surface area contributed by atoms with Crippen LogP contribution in [-0.2, 0) is 9.73 Å². The molecule has 0 aliphatic heterocycles. The summed E-state index contributed by atoms with van der Waals surface area (Å²) in [6.45, 7) is 2.31. The second-order valence-corrected chi connectivity index (χ2v) is 4.90. The van der Waals surface area contributed by atoms with Crippen molar-refractivity contribution >= 4 is 34.5 Å². The van der Waals surface area contributed by atoms with Gasteiger partial charge < -0.3 is 5.73 Å². The zero-order chi connectivity index (χ0) is 7.49. The van der Waals surface area contributed by atoms with Crippen LogP contribution in [0.5, 0.6) is 0 Å². The first kappa shape index (κ1) is 17.5. The number of rotatable bonds is 3. The number of nitrogens with one attached hydrogen (secondary N) is 1. The molecule has 3 nitrogen and oxygen atoms in total. The maximum atomic E-state index is 10.9. The molecule has 0 spiro atoms. The van der Waals surface area contributed by atoms with Crippen molar-refractivity contribution < 1.29 is 4.21 Å². The summed E-state index contributed by atoms with van der Waals surface area (Å²) >= 11 is 0. The van der Waals surface area contributed by atoms with E-state index >= 15 is 0 Å². The van der Waals surface area contributed by atoms with Crippen molar-refractivity contribution in [2.45, 2.75) is 18.6 Å². The number of nitrogens with two attached hydrogens (primary N) is 1. The summed E-state index contributed by atoms with van der Waals surface area (Å²) in [4.78, 5) is 0.